The molecule has 0 amide bonds. The van der Waals surface area contributed by atoms with Crippen molar-refractivity contribution in [3.8, 4) is 0 Å². The zero-order valence-electron chi connectivity index (χ0n) is 20.1. The van der Waals surface area contributed by atoms with E-state index in [-0.39, 0.29) is 5.82 Å². The molecular formula is C24H23N7O2S4. The minimum atomic E-state index is -0.472. The Balaban J connectivity index is 1.13. The van der Waals surface area contributed by atoms with Crippen LogP contribution in [0.3, 0.4) is 0 Å². The molecule has 5 aromatic rings. The summed E-state index contributed by atoms with van der Waals surface area (Å²) in [6, 6.07) is 11.9. The highest BCUT2D eigenvalue weighted by atomic mass is 32.2. The maximum Gasteiger partial charge on any atom is 0.368 e. The Hall–Kier alpha value is -2.74. The molecule has 0 fully saturated rings. The number of benzene rings is 1. The number of nitrogens with one attached hydrogen (secondary N) is 1. The number of nitrogens with zero attached hydrogens (tertiary/aromatic N) is 6. The molecule has 0 bridgehead atoms. The fourth-order valence-electron chi connectivity index (χ4n) is 3.62. The van der Waals surface area contributed by atoms with Crippen molar-refractivity contribution >= 4 is 69.5 Å². The van der Waals surface area contributed by atoms with Crippen LogP contribution in [0.15, 0.2) is 68.8 Å². The molecule has 0 saturated carbocycles. The van der Waals surface area contributed by atoms with Gasteiger partial charge in [-0.1, -0.05) is 21.4 Å². The van der Waals surface area contributed by atoms with E-state index >= 15 is 0 Å². The highest BCUT2D eigenvalue weighted by molar-refractivity contribution is 8.00. The van der Waals surface area contributed by atoms with Gasteiger partial charge >= 0.3 is 5.82 Å². The molecular weight excluding hydrogens is 547 g/mol. The van der Waals surface area contributed by atoms with Crippen LogP contribution in [0.5, 0.6) is 0 Å². The summed E-state index contributed by atoms with van der Waals surface area (Å²) < 4.78 is 1.28. The van der Waals surface area contributed by atoms with Gasteiger partial charge in [0.05, 0.1) is 16.7 Å². The average molecular weight is 570 g/mol. The number of nitro groups is 1. The van der Waals surface area contributed by atoms with Crippen molar-refractivity contribution in [3.05, 3.63) is 70.2 Å². The van der Waals surface area contributed by atoms with Gasteiger partial charge in [-0.25, -0.2) is 9.97 Å². The van der Waals surface area contributed by atoms with E-state index in [1.165, 1.54) is 26.1 Å². The molecule has 37 heavy (non-hydrogen) atoms. The standard InChI is InChI=1S/C24H23N7O2S4/c1-15-19(14-37-24-27-17-5-4-16(34-2)12-18(17)28-24)25-9-8-20(15)35-10-3-11-36-22-7-6-21-26-13-23(31(32)33)30(21)29-22/h4-9,12-13H,3,10-11,14H2,1-2H3,(H,27,28). The smallest absolute Gasteiger partial charge is 0.358 e. The number of fused-ring (bicyclic) bond motifs is 2. The van der Waals surface area contributed by atoms with Crippen LogP contribution in [0.25, 0.3) is 16.7 Å². The van der Waals surface area contributed by atoms with Crippen LogP contribution in [0.1, 0.15) is 17.7 Å². The van der Waals surface area contributed by atoms with Crippen LogP contribution >= 0.6 is 47.0 Å². The van der Waals surface area contributed by atoms with E-state index in [9.17, 15) is 10.1 Å². The summed E-state index contributed by atoms with van der Waals surface area (Å²) >= 11 is 6.80. The molecule has 1 aromatic carbocycles. The van der Waals surface area contributed by atoms with Crippen molar-refractivity contribution in [2.75, 3.05) is 17.8 Å². The zero-order chi connectivity index (χ0) is 25.8. The second-order valence-electron chi connectivity index (χ2n) is 7.96. The molecule has 0 unspecified atom stereocenters. The lowest BCUT2D eigenvalue weighted by Crippen LogP contribution is -1.99. The molecule has 0 saturated heterocycles. The summed E-state index contributed by atoms with van der Waals surface area (Å²) in [6.07, 6.45) is 6.15. The topological polar surface area (TPSA) is 115 Å². The summed E-state index contributed by atoms with van der Waals surface area (Å²) in [5.74, 6) is 2.45. The summed E-state index contributed by atoms with van der Waals surface area (Å²) in [6.45, 7) is 2.13. The van der Waals surface area contributed by atoms with Crippen molar-refractivity contribution in [1.82, 2.24) is 29.5 Å². The van der Waals surface area contributed by atoms with Crippen molar-refractivity contribution in [1.29, 1.82) is 0 Å². The van der Waals surface area contributed by atoms with Gasteiger partial charge in [0.15, 0.2) is 5.16 Å². The first kappa shape index (κ1) is 25.9. The first-order valence-corrected chi connectivity index (χ1v) is 15.6. The fraction of sp³-hybridized carbons (Fsp3) is 0.250. The number of aromatic nitrogens is 6. The van der Waals surface area contributed by atoms with E-state index in [1.807, 2.05) is 24.0 Å². The van der Waals surface area contributed by atoms with E-state index in [1.54, 1.807) is 41.4 Å². The Labute approximate surface area is 230 Å². The van der Waals surface area contributed by atoms with Crippen LogP contribution in [-0.2, 0) is 5.75 Å². The minimum Gasteiger partial charge on any atom is -0.358 e. The molecule has 0 aliphatic heterocycles. The molecule has 5 rings (SSSR count). The Morgan fingerprint density at radius 1 is 1.08 bits per heavy atom. The zero-order valence-corrected chi connectivity index (χ0v) is 23.3. The molecule has 4 aromatic heterocycles. The molecule has 1 N–H and O–H groups in total. The van der Waals surface area contributed by atoms with Gasteiger partial charge in [0.25, 0.3) is 0 Å². The number of pyridine rings is 1. The van der Waals surface area contributed by atoms with Crippen LogP contribution < -0.4 is 0 Å². The van der Waals surface area contributed by atoms with Crippen LogP contribution in [0.4, 0.5) is 5.82 Å². The summed E-state index contributed by atoms with van der Waals surface area (Å²) in [5.41, 5.74) is 4.77. The Bertz CT molecular complexity index is 1570. The molecule has 9 nitrogen and oxygen atoms in total. The van der Waals surface area contributed by atoms with Crippen molar-refractivity contribution in [2.24, 2.45) is 0 Å². The maximum atomic E-state index is 11.1. The Morgan fingerprint density at radius 3 is 2.78 bits per heavy atom. The Morgan fingerprint density at radius 2 is 1.95 bits per heavy atom. The fourth-order valence-corrected chi connectivity index (χ4v) is 6.96. The monoisotopic (exact) mass is 569 g/mol. The van der Waals surface area contributed by atoms with Crippen molar-refractivity contribution in [2.45, 2.75) is 39.1 Å². The molecule has 0 atom stereocenters. The number of aromatic amines is 1. The lowest BCUT2D eigenvalue weighted by atomic mass is 10.2. The van der Waals surface area contributed by atoms with Crippen LogP contribution in [-0.4, -0.2) is 52.2 Å². The van der Waals surface area contributed by atoms with E-state index in [0.717, 1.165) is 50.6 Å². The van der Waals surface area contributed by atoms with Gasteiger partial charge in [0, 0.05) is 33.6 Å². The minimum absolute atomic E-state index is 0.125. The predicted molar refractivity (Wildman–Crippen MR) is 152 cm³/mol. The number of thioether (sulfide) groups is 4. The summed E-state index contributed by atoms with van der Waals surface area (Å²) in [5, 5.41) is 17.1. The Kier molecular flexibility index (Phi) is 8.23. The van der Waals surface area contributed by atoms with Crippen LogP contribution in [0.2, 0.25) is 0 Å². The SMILES string of the molecule is CSc1ccc2nc(SCc3nccc(SCCCSc4ccc5ncc([N+](=O)[O-])n5n4)c3C)[nH]c2c1. The van der Waals surface area contributed by atoms with Crippen molar-refractivity contribution < 1.29 is 4.92 Å². The largest absolute Gasteiger partial charge is 0.368 e. The van der Waals surface area contributed by atoms with E-state index < -0.39 is 4.92 Å². The maximum absolute atomic E-state index is 11.1. The molecule has 0 radical (unpaired) electrons. The normalized spacial score (nSPS) is 11.5. The third-order valence-corrected chi connectivity index (χ3v) is 9.44. The number of hydrogen-bond donors (Lipinski definition) is 1. The first-order chi connectivity index (χ1) is 18.0. The number of rotatable bonds is 11. The summed E-state index contributed by atoms with van der Waals surface area (Å²) in [7, 11) is 0. The number of hydrogen-bond acceptors (Lipinski definition) is 10. The molecule has 4 heterocycles. The van der Waals surface area contributed by atoms with Gasteiger partial charge in [-0.05, 0) is 66.2 Å². The third-order valence-electron chi connectivity index (χ3n) is 5.57. The molecule has 13 heteroatoms. The van der Waals surface area contributed by atoms with E-state index in [0.29, 0.717) is 5.65 Å². The number of H-pyrrole nitrogens is 1. The van der Waals surface area contributed by atoms with E-state index in [4.69, 9.17) is 4.98 Å². The van der Waals surface area contributed by atoms with Gasteiger partial charge in [0.2, 0.25) is 5.65 Å². The highest BCUT2D eigenvalue weighted by Gasteiger charge is 2.16. The summed E-state index contributed by atoms with van der Waals surface area (Å²) in [4.78, 5) is 29.8. The highest BCUT2D eigenvalue weighted by Crippen LogP contribution is 2.30. The average Bonchev–Trinajstić information content (AvgIpc) is 3.51. The van der Waals surface area contributed by atoms with Gasteiger partial charge in [-0.3, -0.25) is 4.98 Å². The van der Waals surface area contributed by atoms with Gasteiger partial charge < -0.3 is 15.1 Å². The lowest BCUT2D eigenvalue weighted by molar-refractivity contribution is -0.391. The van der Waals surface area contributed by atoms with Gasteiger partial charge in [0.1, 0.15) is 11.2 Å². The molecule has 0 aliphatic carbocycles. The second kappa shape index (κ2) is 11.8. The quantitative estimate of drug-likeness (QED) is 0.0817. The number of imidazole rings is 2. The van der Waals surface area contributed by atoms with Gasteiger partial charge in [-0.2, -0.15) is 0 Å². The van der Waals surface area contributed by atoms with Gasteiger partial charge in [-0.15, -0.1) is 35.3 Å². The third kappa shape index (κ3) is 6.06. The lowest BCUT2D eigenvalue weighted by Gasteiger charge is -2.09. The second-order valence-corrected chi connectivity index (χ2v) is 12.1. The van der Waals surface area contributed by atoms with Crippen molar-refractivity contribution in [3.63, 3.8) is 0 Å². The molecule has 0 aliphatic rings. The predicted octanol–water partition coefficient (Wildman–Crippen LogP) is 6.51. The molecule has 0 spiro atoms. The van der Waals surface area contributed by atoms with E-state index in [2.05, 4.69) is 57.5 Å². The molecule has 190 valence electrons. The van der Waals surface area contributed by atoms with Crippen LogP contribution in [0, 0.1) is 17.0 Å². The first-order valence-electron chi connectivity index (χ1n) is 11.4.